The monoisotopic (exact) mass is 300 g/mol. The Kier molecular flexibility index (Phi) is 4.99. The predicted molar refractivity (Wildman–Crippen MR) is 76.7 cm³/mol. The summed E-state index contributed by atoms with van der Waals surface area (Å²) in [6.07, 6.45) is 0. The predicted octanol–water partition coefficient (Wildman–Crippen LogP) is 2.19. The maximum absolute atomic E-state index is 13.3. The van der Waals surface area contributed by atoms with Gasteiger partial charge in [-0.2, -0.15) is 11.8 Å². The first kappa shape index (κ1) is 15.3. The van der Waals surface area contributed by atoms with Crippen molar-refractivity contribution in [2.45, 2.75) is 19.0 Å². The summed E-state index contributed by atoms with van der Waals surface area (Å²) in [6, 6.07) is 3.24. The van der Waals surface area contributed by atoms with Gasteiger partial charge in [-0.3, -0.25) is 4.79 Å². The molecule has 1 heterocycles. The van der Waals surface area contributed by atoms with Crippen LogP contribution in [-0.2, 0) is 4.79 Å². The van der Waals surface area contributed by atoms with Gasteiger partial charge in [-0.25, -0.2) is 8.78 Å². The van der Waals surface area contributed by atoms with Crippen molar-refractivity contribution >= 4 is 17.7 Å². The van der Waals surface area contributed by atoms with Crippen LogP contribution in [0.25, 0.3) is 0 Å². The number of carbonyl (C=O) groups excluding carboxylic acids is 1. The molecule has 1 amide bonds. The Morgan fingerprint density at radius 3 is 2.80 bits per heavy atom. The first-order chi connectivity index (χ1) is 9.50. The SMILES string of the molecule is CC(c1ccc(F)c(F)c1)N(C)C(=O)C1CSCCN1. The van der Waals surface area contributed by atoms with E-state index in [1.807, 2.05) is 0 Å². The van der Waals surface area contributed by atoms with Crippen LogP contribution >= 0.6 is 11.8 Å². The molecule has 1 fully saturated rings. The van der Waals surface area contributed by atoms with Gasteiger partial charge in [0, 0.05) is 25.1 Å². The topological polar surface area (TPSA) is 32.3 Å². The third kappa shape index (κ3) is 3.30. The zero-order valence-corrected chi connectivity index (χ0v) is 12.3. The number of thioether (sulfide) groups is 1. The minimum atomic E-state index is -0.887. The molecule has 1 aromatic rings. The quantitative estimate of drug-likeness (QED) is 0.929. The molecule has 0 radical (unpaired) electrons. The molecule has 2 rings (SSSR count). The molecule has 0 spiro atoms. The molecular formula is C14H18F2N2OS. The summed E-state index contributed by atoms with van der Waals surface area (Å²) in [5.41, 5.74) is 0.586. The van der Waals surface area contributed by atoms with Gasteiger partial charge < -0.3 is 10.2 Å². The van der Waals surface area contributed by atoms with Crippen LogP contribution in [0, 0.1) is 11.6 Å². The van der Waals surface area contributed by atoms with E-state index in [1.54, 1.807) is 30.6 Å². The lowest BCUT2D eigenvalue weighted by molar-refractivity contribution is -0.133. The van der Waals surface area contributed by atoms with Crippen molar-refractivity contribution in [3.8, 4) is 0 Å². The molecule has 0 aliphatic carbocycles. The van der Waals surface area contributed by atoms with Crippen molar-refractivity contribution in [2.24, 2.45) is 0 Å². The van der Waals surface area contributed by atoms with Crippen molar-refractivity contribution in [1.82, 2.24) is 10.2 Å². The normalized spacial score (nSPS) is 20.5. The zero-order valence-electron chi connectivity index (χ0n) is 11.5. The summed E-state index contributed by atoms with van der Waals surface area (Å²) in [6.45, 7) is 2.62. The highest BCUT2D eigenvalue weighted by Crippen LogP contribution is 2.22. The molecule has 110 valence electrons. The number of halogens is 2. The highest BCUT2D eigenvalue weighted by Gasteiger charge is 2.27. The molecule has 0 bridgehead atoms. The van der Waals surface area contributed by atoms with Gasteiger partial charge in [-0.05, 0) is 24.6 Å². The summed E-state index contributed by atoms with van der Waals surface area (Å²) in [4.78, 5) is 13.9. The molecule has 3 nitrogen and oxygen atoms in total. The second kappa shape index (κ2) is 6.54. The van der Waals surface area contributed by atoms with Gasteiger partial charge in [0.15, 0.2) is 11.6 Å². The van der Waals surface area contributed by atoms with Crippen LogP contribution in [0.2, 0.25) is 0 Å². The van der Waals surface area contributed by atoms with E-state index in [9.17, 15) is 13.6 Å². The minimum Gasteiger partial charge on any atom is -0.338 e. The van der Waals surface area contributed by atoms with Crippen LogP contribution in [0.4, 0.5) is 8.78 Å². The lowest BCUT2D eigenvalue weighted by Gasteiger charge is -2.31. The third-order valence-electron chi connectivity index (χ3n) is 3.57. The zero-order chi connectivity index (χ0) is 14.7. The second-order valence-corrected chi connectivity index (χ2v) is 6.03. The van der Waals surface area contributed by atoms with Crippen molar-refractivity contribution in [3.63, 3.8) is 0 Å². The van der Waals surface area contributed by atoms with Gasteiger partial charge in [0.1, 0.15) is 0 Å². The summed E-state index contributed by atoms with van der Waals surface area (Å²) in [5, 5.41) is 3.18. The second-order valence-electron chi connectivity index (χ2n) is 4.88. The smallest absolute Gasteiger partial charge is 0.240 e. The number of carbonyl (C=O) groups is 1. The number of rotatable bonds is 3. The fraction of sp³-hybridized carbons (Fsp3) is 0.500. The van der Waals surface area contributed by atoms with Crippen molar-refractivity contribution in [2.75, 3.05) is 25.1 Å². The highest BCUT2D eigenvalue weighted by molar-refractivity contribution is 7.99. The number of hydrogen-bond acceptors (Lipinski definition) is 3. The van der Waals surface area contributed by atoms with Crippen molar-refractivity contribution < 1.29 is 13.6 Å². The Balaban J connectivity index is 2.08. The van der Waals surface area contributed by atoms with Crippen LogP contribution in [0.15, 0.2) is 18.2 Å². The summed E-state index contributed by atoms with van der Waals surface area (Å²) in [7, 11) is 1.69. The number of hydrogen-bond donors (Lipinski definition) is 1. The molecule has 20 heavy (non-hydrogen) atoms. The van der Waals surface area contributed by atoms with Gasteiger partial charge in [0.05, 0.1) is 12.1 Å². The average Bonchev–Trinajstić information content (AvgIpc) is 2.48. The molecule has 1 saturated heterocycles. The van der Waals surface area contributed by atoms with Gasteiger partial charge in [0.25, 0.3) is 0 Å². The molecule has 2 unspecified atom stereocenters. The van der Waals surface area contributed by atoms with Gasteiger partial charge in [-0.15, -0.1) is 0 Å². The van der Waals surface area contributed by atoms with E-state index in [2.05, 4.69) is 5.32 Å². The van der Waals surface area contributed by atoms with E-state index in [0.717, 1.165) is 30.2 Å². The van der Waals surface area contributed by atoms with Gasteiger partial charge in [-0.1, -0.05) is 6.07 Å². The Bertz CT molecular complexity index is 492. The van der Waals surface area contributed by atoms with E-state index in [1.165, 1.54) is 6.07 Å². The third-order valence-corrected chi connectivity index (χ3v) is 4.64. The summed E-state index contributed by atoms with van der Waals surface area (Å²) >= 11 is 1.74. The first-order valence-electron chi connectivity index (χ1n) is 6.53. The molecular weight excluding hydrogens is 282 g/mol. The molecule has 1 aliphatic rings. The largest absolute Gasteiger partial charge is 0.338 e. The fourth-order valence-corrected chi connectivity index (χ4v) is 3.08. The van der Waals surface area contributed by atoms with Gasteiger partial charge >= 0.3 is 0 Å². The number of benzene rings is 1. The molecule has 0 aromatic heterocycles. The number of nitrogens with zero attached hydrogens (tertiary/aromatic N) is 1. The van der Waals surface area contributed by atoms with E-state index < -0.39 is 11.6 Å². The van der Waals surface area contributed by atoms with Crippen LogP contribution in [0.1, 0.15) is 18.5 Å². The van der Waals surface area contributed by atoms with Crippen molar-refractivity contribution in [1.29, 1.82) is 0 Å². The van der Waals surface area contributed by atoms with E-state index >= 15 is 0 Å². The maximum Gasteiger partial charge on any atom is 0.240 e. The van der Waals surface area contributed by atoms with Crippen LogP contribution < -0.4 is 5.32 Å². The Hall–Kier alpha value is -1.14. The van der Waals surface area contributed by atoms with E-state index in [4.69, 9.17) is 0 Å². The molecule has 0 saturated carbocycles. The lowest BCUT2D eigenvalue weighted by Crippen LogP contribution is -2.49. The molecule has 6 heteroatoms. The summed E-state index contributed by atoms with van der Waals surface area (Å²) in [5.74, 6) is -0.0314. The number of nitrogens with one attached hydrogen (secondary N) is 1. The standard InChI is InChI=1S/C14H18F2N2OS/c1-9(10-3-4-11(15)12(16)7-10)18(2)14(19)13-8-20-6-5-17-13/h3-4,7,9,13,17H,5-6,8H2,1-2H3. The Morgan fingerprint density at radius 2 is 2.20 bits per heavy atom. The molecule has 2 atom stereocenters. The van der Waals surface area contributed by atoms with Crippen LogP contribution in [0.3, 0.4) is 0 Å². The summed E-state index contributed by atoms with van der Waals surface area (Å²) < 4.78 is 26.2. The lowest BCUT2D eigenvalue weighted by atomic mass is 10.1. The highest BCUT2D eigenvalue weighted by atomic mass is 32.2. The van der Waals surface area contributed by atoms with E-state index in [-0.39, 0.29) is 18.0 Å². The van der Waals surface area contributed by atoms with Crippen LogP contribution in [-0.4, -0.2) is 41.9 Å². The maximum atomic E-state index is 13.3. The molecule has 1 aliphatic heterocycles. The van der Waals surface area contributed by atoms with Crippen LogP contribution in [0.5, 0.6) is 0 Å². The molecule has 1 N–H and O–H groups in total. The van der Waals surface area contributed by atoms with E-state index in [0.29, 0.717) is 5.56 Å². The Labute approximate surface area is 121 Å². The molecule has 1 aromatic carbocycles. The number of amides is 1. The average molecular weight is 300 g/mol. The first-order valence-corrected chi connectivity index (χ1v) is 7.69. The Morgan fingerprint density at radius 1 is 1.45 bits per heavy atom. The number of likely N-dealkylation sites (N-methyl/N-ethyl adjacent to an activating group) is 1. The fourth-order valence-electron chi connectivity index (χ4n) is 2.16. The minimum absolute atomic E-state index is 0.0190. The van der Waals surface area contributed by atoms with Gasteiger partial charge in [0.2, 0.25) is 5.91 Å². The van der Waals surface area contributed by atoms with Crippen molar-refractivity contribution in [3.05, 3.63) is 35.4 Å².